The van der Waals surface area contributed by atoms with E-state index in [9.17, 15) is 5.11 Å². The number of rotatable bonds is 4. The zero-order valence-electron chi connectivity index (χ0n) is 16.1. The van der Waals surface area contributed by atoms with Crippen LogP contribution in [0, 0.1) is 16.7 Å². The molecule has 0 amide bonds. The van der Waals surface area contributed by atoms with Crippen LogP contribution in [0.1, 0.15) is 54.4 Å². The summed E-state index contributed by atoms with van der Waals surface area (Å²) in [5.74, 6) is 5.10. The highest BCUT2D eigenvalue weighted by atomic mass is 31.1. The molecule has 2 rings (SSSR count). The minimum Gasteiger partial charge on any atom is -0.393 e. The van der Waals surface area contributed by atoms with E-state index in [0.29, 0.717) is 14.5 Å². The maximum atomic E-state index is 9.98. The van der Waals surface area contributed by atoms with Crippen molar-refractivity contribution in [2.75, 3.05) is 0 Å². The summed E-state index contributed by atoms with van der Waals surface area (Å²) >= 11 is 0. The Morgan fingerprint density at radius 3 is 2.50 bits per heavy atom. The van der Waals surface area contributed by atoms with Gasteiger partial charge in [0.15, 0.2) is 0 Å². The molecule has 3 atom stereocenters. The van der Waals surface area contributed by atoms with Gasteiger partial charge in [0, 0.05) is 5.92 Å². The van der Waals surface area contributed by atoms with E-state index in [4.69, 9.17) is 0 Å². The Morgan fingerprint density at radius 1 is 1.17 bits per heavy atom. The zero-order chi connectivity index (χ0) is 18.0. The third-order valence-corrected chi connectivity index (χ3v) is 6.13. The fourth-order valence-electron chi connectivity index (χ4n) is 4.16. The largest absolute Gasteiger partial charge is 0.393 e. The molecule has 0 aromatic carbocycles. The molecule has 0 fully saturated rings. The summed E-state index contributed by atoms with van der Waals surface area (Å²) in [7, 11) is 0.697. The highest BCUT2D eigenvalue weighted by molar-refractivity contribution is 7.45. The van der Waals surface area contributed by atoms with E-state index < -0.39 is 0 Å². The van der Waals surface area contributed by atoms with E-state index in [1.165, 1.54) is 16.7 Å². The molecule has 2 aliphatic carbocycles. The second-order valence-electron chi connectivity index (χ2n) is 8.57. The molecule has 0 heterocycles. The van der Waals surface area contributed by atoms with E-state index in [-0.39, 0.29) is 16.9 Å². The Bertz CT molecular complexity index is 614. The van der Waals surface area contributed by atoms with Crippen LogP contribution in [0.3, 0.4) is 0 Å². The highest BCUT2D eigenvalue weighted by Crippen LogP contribution is 2.42. The fourth-order valence-corrected chi connectivity index (χ4v) is 4.84. The van der Waals surface area contributed by atoms with Crippen molar-refractivity contribution in [1.29, 1.82) is 0 Å². The molecule has 1 N–H and O–H groups in total. The summed E-state index contributed by atoms with van der Waals surface area (Å²) in [6.07, 6.45) is 12.9. The Morgan fingerprint density at radius 2 is 1.88 bits per heavy atom. The second kappa shape index (κ2) is 7.54. The first kappa shape index (κ1) is 19.4. The monoisotopic (exact) mass is 344 g/mol. The van der Waals surface area contributed by atoms with Gasteiger partial charge in [0.05, 0.1) is 6.10 Å². The number of aliphatic hydroxyl groups is 1. The lowest BCUT2D eigenvalue weighted by molar-refractivity contribution is 0.116. The van der Waals surface area contributed by atoms with Crippen molar-refractivity contribution in [3.8, 4) is 0 Å². The lowest BCUT2D eigenvalue weighted by atomic mass is 9.72. The van der Waals surface area contributed by atoms with Gasteiger partial charge in [-0.15, -0.1) is 0 Å². The third kappa shape index (κ3) is 4.58. The van der Waals surface area contributed by atoms with Gasteiger partial charge >= 0.3 is 0 Å². The first-order valence-corrected chi connectivity index (χ1v) is 10.1. The lowest BCUT2D eigenvalue weighted by Crippen LogP contribution is -2.28. The van der Waals surface area contributed by atoms with Gasteiger partial charge in [-0.2, -0.15) is 0 Å². The van der Waals surface area contributed by atoms with E-state index >= 15 is 0 Å². The normalized spacial score (nSPS) is 30.0. The molecule has 0 aromatic heterocycles. The minimum atomic E-state index is -0.184. The van der Waals surface area contributed by atoms with Crippen LogP contribution in [-0.4, -0.2) is 11.2 Å². The molecule has 0 aliphatic heterocycles. The van der Waals surface area contributed by atoms with E-state index in [2.05, 4.69) is 83.6 Å². The Labute approximate surface area is 150 Å². The Kier molecular flexibility index (Phi) is 6.10. The van der Waals surface area contributed by atoms with Crippen LogP contribution in [-0.2, 0) is 0 Å². The van der Waals surface area contributed by atoms with Gasteiger partial charge in [-0.1, -0.05) is 89.4 Å². The van der Waals surface area contributed by atoms with Crippen LogP contribution < -0.4 is 0 Å². The van der Waals surface area contributed by atoms with Gasteiger partial charge < -0.3 is 5.11 Å². The van der Waals surface area contributed by atoms with Crippen LogP contribution in [0.15, 0.2) is 58.7 Å². The van der Waals surface area contributed by atoms with Crippen molar-refractivity contribution in [2.24, 2.45) is 16.7 Å². The van der Waals surface area contributed by atoms with Crippen LogP contribution in [0.2, 0.25) is 0 Å². The van der Waals surface area contributed by atoms with Gasteiger partial charge in [0.25, 0.3) is 0 Å². The van der Waals surface area contributed by atoms with Crippen LogP contribution >= 0.6 is 8.58 Å². The molecule has 2 heteroatoms. The molecule has 132 valence electrons. The maximum Gasteiger partial charge on any atom is 0.0585 e. The predicted octanol–water partition coefficient (Wildman–Crippen LogP) is 6.35. The molecule has 2 aliphatic rings. The minimum absolute atomic E-state index is 0.0714. The number of allylic oxidation sites excluding steroid dienone is 7. The van der Waals surface area contributed by atoms with Gasteiger partial charge in [-0.05, 0) is 43.1 Å². The smallest absolute Gasteiger partial charge is 0.0585 e. The van der Waals surface area contributed by atoms with Crippen LogP contribution in [0.25, 0.3) is 0 Å². The van der Waals surface area contributed by atoms with Gasteiger partial charge in [0.2, 0.25) is 0 Å². The highest BCUT2D eigenvalue weighted by Gasteiger charge is 2.31. The Balaban J connectivity index is 2.01. The van der Waals surface area contributed by atoms with Crippen molar-refractivity contribution in [2.45, 2.75) is 60.5 Å². The van der Waals surface area contributed by atoms with E-state index in [1.54, 1.807) is 0 Å². The summed E-state index contributed by atoms with van der Waals surface area (Å²) in [6, 6.07) is 0. The molecule has 1 nitrogen and oxygen atoms in total. The molecule has 0 bridgehead atoms. The van der Waals surface area contributed by atoms with Gasteiger partial charge in [-0.25, -0.2) is 0 Å². The van der Waals surface area contributed by atoms with E-state index in [0.717, 1.165) is 12.8 Å². The van der Waals surface area contributed by atoms with Gasteiger partial charge in [0.1, 0.15) is 0 Å². The molecule has 0 spiro atoms. The van der Waals surface area contributed by atoms with Crippen LogP contribution in [0.5, 0.6) is 0 Å². The summed E-state index contributed by atoms with van der Waals surface area (Å²) in [5.41, 5.74) is 4.45. The topological polar surface area (TPSA) is 20.2 Å². The summed E-state index contributed by atoms with van der Waals surface area (Å²) in [5, 5.41) is 9.98. The molecule has 0 radical (unpaired) electrons. The molecular formula is C22H33OP. The average Bonchev–Trinajstić information content (AvgIpc) is 2.42. The SMILES string of the molecule is CC1=CC=CC(C)(C)[C@H]1/C=C/P/C=C/C1=C(C)C[C@@H](O)CC1(C)C. The molecule has 0 aromatic rings. The lowest BCUT2D eigenvalue weighted by Gasteiger charge is -2.35. The predicted molar refractivity (Wildman–Crippen MR) is 108 cm³/mol. The number of hydrogen-bond acceptors (Lipinski definition) is 1. The number of hydrogen-bond donors (Lipinski definition) is 1. The number of aliphatic hydroxyl groups excluding tert-OH is 1. The molecule has 0 saturated heterocycles. The summed E-state index contributed by atoms with van der Waals surface area (Å²) in [4.78, 5) is 0. The zero-order valence-corrected chi connectivity index (χ0v) is 17.1. The molecule has 24 heavy (non-hydrogen) atoms. The first-order chi connectivity index (χ1) is 11.1. The van der Waals surface area contributed by atoms with Crippen molar-refractivity contribution in [1.82, 2.24) is 0 Å². The second-order valence-corrected chi connectivity index (χ2v) is 9.57. The quantitative estimate of drug-likeness (QED) is 0.589. The molecule has 0 saturated carbocycles. The van der Waals surface area contributed by atoms with Gasteiger partial charge in [-0.3, -0.25) is 0 Å². The third-order valence-electron chi connectivity index (χ3n) is 5.38. The molecular weight excluding hydrogens is 311 g/mol. The average molecular weight is 344 g/mol. The summed E-state index contributed by atoms with van der Waals surface area (Å²) < 4.78 is 0. The first-order valence-electron chi connectivity index (χ1n) is 8.97. The molecule has 1 unspecified atom stereocenters. The van der Waals surface area contributed by atoms with Crippen molar-refractivity contribution in [3.63, 3.8) is 0 Å². The summed E-state index contributed by atoms with van der Waals surface area (Å²) in [6.45, 7) is 13.5. The van der Waals surface area contributed by atoms with Crippen LogP contribution in [0.4, 0.5) is 0 Å². The fraction of sp³-hybridized carbons (Fsp3) is 0.545. The maximum absolute atomic E-state index is 9.98. The van der Waals surface area contributed by atoms with Crippen molar-refractivity contribution in [3.05, 3.63) is 58.7 Å². The van der Waals surface area contributed by atoms with E-state index in [1.807, 2.05) is 0 Å². The standard InChI is InChI=1S/C22H33OP/c1-16-8-7-11-21(3,4)19(16)9-12-24-13-10-20-17(2)14-18(23)15-22(20,5)6/h7-13,18-19,23-24H,14-15H2,1-6H3/b12-9+,13-10+/t18-,19+/m1/s1. The van der Waals surface area contributed by atoms with Crippen molar-refractivity contribution >= 4 is 8.58 Å². The van der Waals surface area contributed by atoms with Crippen molar-refractivity contribution < 1.29 is 5.11 Å². The Hall–Kier alpha value is -0.910.